The molecule has 1 aromatic carbocycles. The molecule has 1 N–H and O–H groups in total. The van der Waals surface area contributed by atoms with E-state index in [-0.39, 0.29) is 28.1 Å². The van der Waals surface area contributed by atoms with Crippen LogP contribution >= 0.6 is 11.6 Å². The van der Waals surface area contributed by atoms with Crippen molar-refractivity contribution in [2.75, 3.05) is 27.7 Å². The number of carbonyl (C=O) groups is 1. The number of carbonyl (C=O) groups excluding carboxylic acids is 1. The van der Waals surface area contributed by atoms with Gasteiger partial charge in [-0.15, -0.1) is 0 Å². The highest BCUT2D eigenvalue weighted by atomic mass is 35.5. The Morgan fingerprint density at radius 1 is 1.36 bits per heavy atom. The maximum Gasteiger partial charge on any atom is 0.339 e. The molecule has 0 amide bonds. The summed E-state index contributed by atoms with van der Waals surface area (Å²) >= 11 is 5.99. The Hall–Kier alpha value is -1.87. The van der Waals surface area contributed by atoms with Crippen LogP contribution in [0.2, 0.25) is 5.02 Å². The molecule has 0 radical (unpaired) electrons. The number of hydrogen-bond acceptors (Lipinski definition) is 6. The van der Waals surface area contributed by atoms with Crippen LogP contribution < -0.4 is 4.72 Å². The Morgan fingerprint density at radius 3 is 2.60 bits per heavy atom. The summed E-state index contributed by atoms with van der Waals surface area (Å²) < 4.78 is 37.5. The van der Waals surface area contributed by atoms with E-state index in [1.54, 1.807) is 12.1 Å². The van der Waals surface area contributed by atoms with Crippen molar-refractivity contribution >= 4 is 27.6 Å². The van der Waals surface area contributed by atoms with Gasteiger partial charge < -0.3 is 9.15 Å². The smallest absolute Gasteiger partial charge is 0.339 e. The molecule has 0 bridgehead atoms. The van der Waals surface area contributed by atoms with Crippen LogP contribution in [-0.4, -0.2) is 47.0 Å². The molecular formula is C16H19ClN2O5S. The maximum atomic E-state index is 12.5. The van der Waals surface area contributed by atoms with Gasteiger partial charge in [-0.25, -0.2) is 17.9 Å². The van der Waals surface area contributed by atoms with Crippen molar-refractivity contribution in [3.05, 3.63) is 52.9 Å². The summed E-state index contributed by atoms with van der Waals surface area (Å²) in [6.07, 6.45) is 1.53. The first-order chi connectivity index (χ1) is 11.8. The van der Waals surface area contributed by atoms with Gasteiger partial charge in [0.25, 0.3) is 0 Å². The third-order valence-corrected chi connectivity index (χ3v) is 5.35. The Balaban J connectivity index is 2.18. The second-order valence-corrected chi connectivity index (χ2v) is 7.65. The van der Waals surface area contributed by atoms with Crippen LogP contribution in [0.4, 0.5) is 0 Å². The lowest BCUT2D eigenvalue weighted by Gasteiger charge is -2.22. The maximum absolute atomic E-state index is 12.5. The number of likely N-dealkylation sites (N-methyl/N-ethyl adjacent to an activating group) is 1. The summed E-state index contributed by atoms with van der Waals surface area (Å²) in [5.74, 6) is 0.0131. The fourth-order valence-corrected chi connectivity index (χ4v) is 3.62. The Labute approximate surface area is 151 Å². The summed E-state index contributed by atoms with van der Waals surface area (Å²) in [7, 11) is 1.06. The monoisotopic (exact) mass is 386 g/mol. The first kappa shape index (κ1) is 19.5. The van der Waals surface area contributed by atoms with Crippen molar-refractivity contribution in [2.24, 2.45) is 0 Å². The van der Waals surface area contributed by atoms with Crippen molar-refractivity contribution in [3.63, 3.8) is 0 Å². The fraction of sp³-hybridized carbons (Fsp3) is 0.312. The minimum atomic E-state index is -3.81. The van der Waals surface area contributed by atoms with Gasteiger partial charge in [0, 0.05) is 6.54 Å². The number of furan rings is 1. The third kappa shape index (κ3) is 4.60. The van der Waals surface area contributed by atoms with Crippen LogP contribution in [0.3, 0.4) is 0 Å². The van der Waals surface area contributed by atoms with Crippen molar-refractivity contribution in [3.8, 4) is 0 Å². The highest BCUT2D eigenvalue weighted by molar-refractivity contribution is 7.89. The summed E-state index contributed by atoms with van der Waals surface area (Å²) in [6.45, 7) is 0.110. The number of rotatable bonds is 7. The predicted molar refractivity (Wildman–Crippen MR) is 93.1 cm³/mol. The van der Waals surface area contributed by atoms with Crippen LogP contribution in [0.5, 0.6) is 0 Å². The van der Waals surface area contributed by atoms with Gasteiger partial charge in [0.2, 0.25) is 10.0 Å². The first-order valence-electron chi connectivity index (χ1n) is 7.33. The minimum Gasteiger partial charge on any atom is -0.468 e. The molecule has 2 aromatic rings. The van der Waals surface area contributed by atoms with Crippen molar-refractivity contribution in [2.45, 2.75) is 10.9 Å². The number of hydrogen-bond donors (Lipinski definition) is 1. The van der Waals surface area contributed by atoms with Gasteiger partial charge in [0.15, 0.2) is 0 Å². The van der Waals surface area contributed by atoms with E-state index in [2.05, 4.69) is 9.46 Å². The zero-order valence-electron chi connectivity index (χ0n) is 14.0. The number of methoxy groups -OCH3 is 1. The zero-order valence-corrected chi connectivity index (χ0v) is 15.6. The molecule has 7 nitrogen and oxygen atoms in total. The van der Waals surface area contributed by atoms with E-state index in [1.165, 1.54) is 31.6 Å². The van der Waals surface area contributed by atoms with E-state index in [1.807, 2.05) is 19.0 Å². The summed E-state index contributed by atoms with van der Waals surface area (Å²) in [4.78, 5) is 13.3. The molecule has 136 valence electrons. The van der Waals surface area contributed by atoms with Gasteiger partial charge in [-0.05, 0) is 44.4 Å². The predicted octanol–water partition coefficient (Wildman–Crippen LogP) is 2.30. The molecule has 2 rings (SSSR count). The molecule has 1 heterocycles. The van der Waals surface area contributed by atoms with Crippen molar-refractivity contribution in [1.82, 2.24) is 9.62 Å². The lowest BCUT2D eigenvalue weighted by Crippen LogP contribution is -2.34. The van der Waals surface area contributed by atoms with E-state index in [9.17, 15) is 13.2 Å². The van der Waals surface area contributed by atoms with Gasteiger partial charge in [0.05, 0.1) is 34.9 Å². The molecule has 0 aliphatic carbocycles. The van der Waals surface area contributed by atoms with E-state index >= 15 is 0 Å². The molecule has 0 saturated carbocycles. The molecular weight excluding hydrogens is 368 g/mol. The van der Waals surface area contributed by atoms with Crippen LogP contribution in [0.1, 0.15) is 22.2 Å². The van der Waals surface area contributed by atoms with Gasteiger partial charge in [-0.2, -0.15) is 0 Å². The SMILES string of the molecule is COC(=O)c1ccc(S(=O)(=O)NCC(c2ccco2)N(C)C)cc1Cl. The lowest BCUT2D eigenvalue weighted by molar-refractivity contribution is 0.0601. The molecule has 0 aliphatic rings. The molecule has 25 heavy (non-hydrogen) atoms. The van der Waals surface area contributed by atoms with Crippen LogP contribution in [-0.2, 0) is 14.8 Å². The van der Waals surface area contributed by atoms with Gasteiger partial charge in [0.1, 0.15) is 5.76 Å². The number of esters is 1. The number of nitrogens with zero attached hydrogens (tertiary/aromatic N) is 1. The van der Waals surface area contributed by atoms with E-state index < -0.39 is 16.0 Å². The van der Waals surface area contributed by atoms with Crippen LogP contribution in [0.15, 0.2) is 45.9 Å². The van der Waals surface area contributed by atoms with E-state index in [0.29, 0.717) is 5.76 Å². The van der Waals surface area contributed by atoms with E-state index in [4.69, 9.17) is 16.0 Å². The topological polar surface area (TPSA) is 88.8 Å². The second kappa shape index (κ2) is 8.01. The summed E-state index contributed by atoms with van der Waals surface area (Å²) in [5.41, 5.74) is 0.102. The largest absolute Gasteiger partial charge is 0.468 e. The molecule has 0 spiro atoms. The molecule has 0 fully saturated rings. The first-order valence-corrected chi connectivity index (χ1v) is 9.19. The quantitative estimate of drug-likeness (QED) is 0.734. The third-order valence-electron chi connectivity index (χ3n) is 3.62. The number of sulfonamides is 1. The molecule has 0 aliphatic heterocycles. The van der Waals surface area contributed by atoms with Gasteiger partial charge in [-0.3, -0.25) is 4.90 Å². The number of benzene rings is 1. The summed E-state index contributed by atoms with van der Waals surface area (Å²) in [6, 6.07) is 7.09. The normalized spacial score (nSPS) is 13.0. The van der Waals surface area contributed by atoms with Gasteiger partial charge >= 0.3 is 5.97 Å². The average Bonchev–Trinajstić information content (AvgIpc) is 3.08. The Morgan fingerprint density at radius 2 is 2.08 bits per heavy atom. The minimum absolute atomic E-state index is 0.00455. The zero-order chi connectivity index (χ0) is 18.6. The molecule has 1 aromatic heterocycles. The van der Waals surface area contributed by atoms with Crippen molar-refractivity contribution in [1.29, 1.82) is 0 Å². The van der Waals surface area contributed by atoms with E-state index in [0.717, 1.165) is 0 Å². The van der Waals surface area contributed by atoms with Crippen LogP contribution in [0, 0.1) is 0 Å². The number of ether oxygens (including phenoxy) is 1. The molecule has 0 saturated heterocycles. The Bertz CT molecular complexity index is 834. The highest BCUT2D eigenvalue weighted by Crippen LogP contribution is 2.23. The number of halogens is 1. The molecule has 9 heteroatoms. The summed E-state index contributed by atoms with van der Waals surface area (Å²) in [5, 5.41) is 0.00455. The fourth-order valence-electron chi connectivity index (χ4n) is 2.23. The average molecular weight is 387 g/mol. The van der Waals surface area contributed by atoms with Crippen LogP contribution in [0.25, 0.3) is 0 Å². The second-order valence-electron chi connectivity index (χ2n) is 5.48. The number of nitrogens with one attached hydrogen (secondary N) is 1. The molecule has 1 atom stereocenters. The Kier molecular flexibility index (Phi) is 6.23. The standard InChI is InChI=1S/C16H19ClN2O5S/c1-19(2)14(15-5-4-8-24-15)10-18-25(21,22)11-6-7-12(13(17)9-11)16(20)23-3/h4-9,14,18H,10H2,1-3H3. The van der Waals surface area contributed by atoms with Crippen molar-refractivity contribution < 1.29 is 22.4 Å². The lowest BCUT2D eigenvalue weighted by atomic mass is 10.2. The molecule has 1 unspecified atom stereocenters. The van der Waals surface area contributed by atoms with Gasteiger partial charge in [-0.1, -0.05) is 11.6 Å². The highest BCUT2D eigenvalue weighted by Gasteiger charge is 2.22.